The van der Waals surface area contributed by atoms with Crippen molar-refractivity contribution >= 4 is 5.78 Å². The number of hydrogen-bond acceptors (Lipinski definition) is 4. The number of carbonyl (C=O) groups excluding carboxylic acids is 1. The first-order chi connectivity index (χ1) is 12.0. The van der Waals surface area contributed by atoms with Gasteiger partial charge in [0.15, 0.2) is 5.78 Å². The van der Waals surface area contributed by atoms with Gasteiger partial charge in [-0.2, -0.15) is 0 Å². The van der Waals surface area contributed by atoms with Gasteiger partial charge in [-0.05, 0) is 6.42 Å². The third-order valence-corrected chi connectivity index (χ3v) is 4.58. The van der Waals surface area contributed by atoms with E-state index in [-0.39, 0.29) is 12.0 Å². The molecule has 0 unspecified atom stereocenters. The summed E-state index contributed by atoms with van der Waals surface area (Å²) in [5.41, 5.74) is -1.85. The van der Waals surface area contributed by atoms with Crippen LogP contribution in [0.2, 0.25) is 0 Å². The van der Waals surface area contributed by atoms with Crippen LogP contribution in [0.3, 0.4) is 0 Å². The van der Waals surface area contributed by atoms with Gasteiger partial charge < -0.3 is 5.11 Å². The summed E-state index contributed by atoms with van der Waals surface area (Å²) in [6, 6.07) is 0. The van der Waals surface area contributed by atoms with Crippen LogP contribution in [0, 0.1) is 0 Å². The van der Waals surface area contributed by atoms with Crippen LogP contribution in [0.4, 0.5) is 0 Å². The molecular weight excluding hydrogens is 320 g/mol. The molecule has 25 heavy (non-hydrogen) atoms. The fourth-order valence-corrected chi connectivity index (χ4v) is 2.94. The van der Waals surface area contributed by atoms with Crippen molar-refractivity contribution in [3.63, 3.8) is 0 Å². The highest BCUT2D eigenvalue weighted by Crippen LogP contribution is 2.15. The van der Waals surface area contributed by atoms with Gasteiger partial charge in [0.1, 0.15) is 5.56 Å². The summed E-state index contributed by atoms with van der Waals surface area (Å²) >= 11 is 0. The molecule has 0 amide bonds. The van der Waals surface area contributed by atoms with E-state index in [0.29, 0.717) is 6.42 Å². The van der Waals surface area contributed by atoms with E-state index in [1.165, 1.54) is 58.4 Å². The number of aromatic amines is 1. The van der Waals surface area contributed by atoms with Crippen molar-refractivity contribution in [3.8, 4) is 5.88 Å². The largest absolute Gasteiger partial charge is 0.494 e. The molecule has 0 aliphatic heterocycles. The van der Waals surface area contributed by atoms with E-state index in [4.69, 9.17) is 0 Å². The predicted octanol–water partition coefficient (Wildman–Crippen LogP) is 3.66. The van der Waals surface area contributed by atoms with Crippen molar-refractivity contribution < 1.29 is 9.90 Å². The second kappa shape index (κ2) is 11.7. The van der Waals surface area contributed by atoms with E-state index in [9.17, 15) is 19.5 Å². The second-order valence-electron chi connectivity index (χ2n) is 6.73. The standard InChI is InChI=1S/C19H32N2O4/c1-3-4-5-6-7-8-9-10-11-12-13-14-15(22)16-17(23)20-19(25)21(2)18(16)24/h24H,3-14H2,1-2H3,(H,20,23,25). The zero-order chi connectivity index (χ0) is 18.7. The number of aromatic nitrogens is 2. The third-order valence-electron chi connectivity index (χ3n) is 4.58. The first-order valence-electron chi connectivity index (χ1n) is 9.54. The second-order valence-corrected chi connectivity index (χ2v) is 6.73. The van der Waals surface area contributed by atoms with Crippen molar-refractivity contribution in [2.24, 2.45) is 7.05 Å². The average molecular weight is 352 g/mol. The molecule has 0 spiro atoms. The summed E-state index contributed by atoms with van der Waals surface area (Å²) in [7, 11) is 1.31. The van der Waals surface area contributed by atoms with Crippen LogP contribution in [-0.2, 0) is 7.05 Å². The average Bonchev–Trinajstić information content (AvgIpc) is 2.57. The summed E-state index contributed by atoms with van der Waals surface area (Å²) in [5, 5.41) is 9.83. The van der Waals surface area contributed by atoms with Crippen LogP contribution in [0.25, 0.3) is 0 Å². The molecule has 0 atom stereocenters. The fourth-order valence-electron chi connectivity index (χ4n) is 2.94. The summed E-state index contributed by atoms with van der Waals surface area (Å²) in [4.78, 5) is 37.2. The van der Waals surface area contributed by atoms with Crippen molar-refractivity contribution in [1.29, 1.82) is 0 Å². The lowest BCUT2D eigenvalue weighted by Crippen LogP contribution is -2.32. The lowest BCUT2D eigenvalue weighted by atomic mass is 10.0. The number of Topliss-reactive ketones (excluding diaryl/α,β-unsaturated/α-hetero) is 1. The number of H-pyrrole nitrogens is 1. The number of aromatic hydroxyl groups is 1. The van der Waals surface area contributed by atoms with Crippen LogP contribution in [0.1, 0.15) is 94.3 Å². The zero-order valence-corrected chi connectivity index (χ0v) is 15.6. The Morgan fingerprint density at radius 3 is 1.92 bits per heavy atom. The van der Waals surface area contributed by atoms with E-state index in [0.717, 1.165) is 17.4 Å². The first kappa shape index (κ1) is 21.2. The Balaban J connectivity index is 2.21. The highest BCUT2D eigenvalue weighted by atomic mass is 16.3. The van der Waals surface area contributed by atoms with E-state index in [1.807, 2.05) is 4.98 Å². The number of ketones is 1. The summed E-state index contributed by atoms with van der Waals surface area (Å²) in [6.07, 6.45) is 13.2. The van der Waals surface area contributed by atoms with Crippen LogP contribution >= 0.6 is 0 Å². The summed E-state index contributed by atoms with van der Waals surface area (Å²) in [5.74, 6) is -0.966. The molecule has 0 aliphatic carbocycles. The van der Waals surface area contributed by atoms with Gasteiger partial charge in [0.2, 0.25) is 5.88 Å². The molecule has 0 aromatic carbocycles. The molecule has 0 bridgehead atoms. The number of hydrogen-bond donors (Lipinski definition) is 2. The van der Waals surface area contributed by atoms with Gasteiger partial charge in [0.25, 0.3) is 5.56 Å². The predicted molar refractivity (Wildman–Crippen MR) is 99.4 cm³/mol. The molecule has 1 heterocycles. The molecule has 142 valence electrons. The van der Waals surface area contributed by atoms with Crippen molar-refractivity contribution in [2.45, 2.75) is 84.0 Å². The van der Waals surface area contributed by atoms with E-state index in [1.54, 1.807) is 0 Å². The van der Waals surface area contributed by atoms with Crippen LogP contribution in [0.15, 0.2) is 9.59 Å². The molecule has 0 saturated carbocycles. The Morgan fingerprint density at radius 1 is 0.920 bits per heavy atom. The number of unbranched alkanes of at least 4 members (excludes halogenated alkanes) is 10. The van der Waals surface area contributed by atoms with Crippen LogP contribution in [-0.4, -0.2) is 20.4 Å². The highest BCUT2D eigenvalue weighted by Gasteiger charge is 2.18. The minimum Gasteiger partial charge on any atom is -0.494 e. The van der Waals surface area contributed by atoms with Crippen molar-refractivity contribution in [3.05, 3.63) is 26.4 Å². The van der Waals surface area contributed by atoms with Gasteiger partial charge >= 0.3 is 5.69 Å². The van der Waals surface area contributed by atoms with Gasteiger partial charge in [0, 0.05) is 13.5 Å². The summed E-state index contributed by atoms with van der Waals surface area (Å²) < 4.78 is 0.870. The van der Waals surface area contributed by atoms with Gasteiger partial charge in [-0.25, -0.2) is 4.79 Å². The Bertz CT molecular complexity index is 646. The van der Waals surface area contributed by atoms with E-state index in [2.05, 4.69) is 6.92 Å². The maximum atomic E-state index is 12.1. The SMILES string of the molecule is CCCCCCCCCCCCCC(=O)c1c(O)n(C)c(=O)[nH]c1=O. The Labute approximate surface area is 149 Å². The minimum absolute atomic E-state index is 0.214. The van der Waals surface area contributed by atoms with Crippen molar-refractivity contribution in [2.75, 3.05) is 0 Å². The molecule has 0 aliphatic rings. The van der Waals surface area contributed by atoms with E-state index >= 15 is 0 Å². The van der Waals surface area contributed by atoms with E-state index < -0.39 is 22.9 Å². The topological polar surface area (TPSA) is 92.2 Å². The lowest BCUT2D eigenvalue weighted by Gasteiger charge is -2.06. The monoisotopic (exact) mass is 352 g/mol. The molecule has 1 aromatic heterocycles. The Hall–Kier alpha value is -1.85. The molecule has 1 aromatic rings. The molecular formula is C19H32N2O4. The lowest BCUT2D eigenvalue weighted by molar-refractivity contribution is 0.0973. The smallest absolute Gasteiger partial charge is 0.330 e. The maximum absolute atomic E-state index is 12.1. The first-order valence-corrected chi connectivity index (χ1v) is 9.54. The molecule has 2 N–H and O–H groups in total. The Kier molecular flexibility index (Phi) is 9.88. The van der Waals surface area contributed by atoms with Crippen molar-refractivity contribution in [1.82, 2.24) is 9.55 Å². The number of rotatable bonds is 13. The number of nitrogens with one attached hydrogen (secondary N) is 1. The Morgan fingerprint density at radius 2 is 1.40 bits per heavy atom. The van der Waals surface area contributed by atoms with Crippen LogP contribution < -0.4 is 11.2 Å². The van der Waals surface area contributed by atoms with Gasteiger partial charge in [-0.1, -0.05) is 71.1 Å². The quantitative estimate of drug-likeness (QED) is 0.418. The number of nitrogens with zero attached hydrogens (tertiary/aromatic N) is 1. The molecule has 1 rings (SSSR count). The summed E-state index contributed by atoms with van der Waals surface area (Å²) in [6.45, 7) is 2.22. The van der Waals surface area contributed by atoms with Crippen LogP contribution in [0.5, 0.6) is 5.88 Å². The zero-order valence-electron chi connectivity index (χ0n) is 15.6. The third kappa shape index (κ3) is 7.28. The molecule has 0 saturated heterocycles. The van der Waals surface area contributed by atoms with Gasteiger partial charge in [-0.3, -0.25) is 19.1 Å². The van der Waals surface area contributed by atoms with Gasteiger partial charge in [-0.15, -0.1) is 0 Å². The molecule has 0 fully saturated rings. The molecule has 6 nitrogen and oxygen atoms in total. The fraction of sp³-hybridized carbons (Fsp3) is 0.737. The molecule has 6 heteroatoms. The maximum Gasteiger partial charge on any atom is 0.330 e. The van der Waals surface area contributed by atoms with Gasteiger partial charge in [0.05, 0.1) is 0 Å². The highest BCUT2D eigenvalue weighted by molar-refractivity contribution is 5.97. The molecule has 0 radical (unpaired) electrons. The normalized spacial score (nSPS) is 11.0. The number of carbonyl (C=O) groups is 1. The minimum atomic E-state index is -0.811.